The van der Waals surface area contributed by atoms with Crippen molar-refractivity contribution in [3.05, 3.63) is 33.3 Å². The van der Waals surface area contributed by atoms with Gasteiger partial charge in [-0.15, -0.1) is 0 Å². The summed E-state index contributed by atoms with van der Waals surface area (Å²) in [6.07, 6.45) is 1.63. The topological polar surface area (TPSA) is 67.3 Å². The van der Waals surface area contributed by atoms with Crippen molar-refractivity contribution in [2.45, 2.75) is 0 Å². The van der Waals surface area contributed by atoms with E-state index in [4.69, 9.17) is 33.9 Å². The molecule has 1 aromatic heterocycles. The molecule has 0 radical (unpaired) electrons. The third-order valence-electron chi connectivity index (χ3n) is 2.39. The van der Waals surface area contributed by atoms with Gasteiger partial charge in [-0.3, -0.25) is 10.2 Å². The third kappa shape index (κ3) is 2.91. The monoisotopic (exact) mass is 296 g/mol. The van der Waals surface area contributed by atoms with Gasteiger partial charge in [-0.1, -0.05) is 0 Å². The summed E-state index contributed by atoms with van der Waals surface area (Å²) in [5.74, 6) is 1.30. The summed E-state index contributed by atoms with van der Waals surface area (Å²) in [4.78, 5) is 0. The van der Waals surface area contributed by atoms with Gasteiger partial charge in [0.15, 0.2) is 11.5 Å². The fraction of sp³-hybridized carbons (Fsp3) is 0.182. The minimum Gasteiger partial charge on any atom is -0.493 e. The highest BCUT2D eigenvalue weighted by Gasteiger charge is 2.03. The molecule has 19 heavy (non-hydrogen) atoms. The molecule has 0 spiro atoms. The molecule has 0 unspecified atom stereocenters. The van der Waals surface area contributed by atoms with Crippen LogP contribution in [0.15, 0.2) is 23.3 Å². The summed E-state index contributed by atoms with van der Waals surface area (Å²) >= 11 is 10.1. The molecule has 0 saturated heterocycles. The Kier molecular flexibility index (Phi) is 4.13. The molecule has 2 rings (SSSR count). The lowest BCUT2D eigenvalue weighted by Crippen LogP contribution is -1.94. The molecule has 8 heteroatoms. The maximum atomic E-state index is 5.21. The van der Waals surface area contributed by atoms with E-state index in [0.29, 0.717) is 21.0 Å². The molecule has 100 valence electrons. The predicted molar refractivity (Wildman–Crippen MR) is 77.3 cm³/mol. The Hall–Kier alpha value is -1.93. The normalized spacial score (nSPS) is 10.8. The van der Waals surface area contributed by atoms with E-state index in [-0.39, 0.29) is 0 Å². The average molecular weight is 296 g/mol. The lowest BCUT2D eigenvalue weighted by atomic mass is 10.2. The van der Waals surface area contributed by atoms with Gasteiger partial charge in [0.05, 0.1) is 20.4 Å². The van der Waals surface area contributed by atoms with Crippen LogP contribution in [0.3, 0.4) is 0 Å². The van der Waals surface area contributed by atoms with E-state index >= 15 is 0 Å². The van der Waals surface area contributed by atoms with E-state index in [1.165, 1.54) is 4.68 Å². The lowest BCUT2D eigenvalue weighted by Gasteiger charge is -2.07. The van der Waals surface area contributed by atoms with Crippen LogP contribution in [-0.2, 0) is 0 Å². The molecule has 0 atom stereocenters. The molecular weight excluding hydrogens is 284 g/mol. The Balaban J connectivity index is 2.34. The Labute approximate surface area is 119 Å². The first-order valence-corrected chi connectivity index (χ1v) is 6.13. The van der Waals surface area contributed by atoms with Gasteiger partial charge in [-0.25, -0.2) is 0 Å². The fourth-order valence-corrected chi connectivity index (χ4v) is 1.90. The number of H-pyrrole nitrogens is 2. The summed E-state index contributed by atoms with van der Waals surface area (Å²) in [5, 5.41) is 9.60. The quantitative estimate of drug-likeness (QED) is 0.672. The van der Waals surface area contributed by atoms with Crippen LogP contribution >= 0.6 is 24.4 Å². The summed E-state index contributed by atoms with van der Waals surface area (Å²) in [7, 11) is 3.17. The van der Waals surface area contributed by atoms with Gasteiger partial charge in [-0.2, -0.15) is 9.78 Å². The second-order valence-corrected chi connectivity index (χ2v) is 4.30. The minimum atomic E-state index is 0.404. The van der Waals surface area contributed by atoms with E-state index in [1.54, 1.807) is 26.5 Å². The first kappa shape index (κ1) is 13.5. The zero-order valence-corrected chi connectivity index (χ0v) is 12.0. The van der Waals surface area contributed by atoms with Crippen LogP contribution in [0.1, 0.15) is 5.56 Å². The SMILES string of the molecule is COc1ccc(/C=N\n2c(=S)[nH][nH]c2=S)cc1OC. The van der Waals surface area contributed by atoms with Gasteiger partial charge in [-0.05, 0) is 48.2 Å². The maximum Gasteiger partial charge on any atom is 0.215 e. The highest BCUT2D eigenvalue weighted by Crippen LogP contribution is 2.26. The molecule has 2 aromatic rings. The van der Waals surface area contributed by atoms with Gasteiger partial charge in [0, 0.05) is 0 Å². The Bertz CT molecular complexity index is 686. The molecule has 0 saturated carbocycles. The van der Waals surface area contributed by atoms with Crippen LogP contribution in [0, 0.1) is 9.54 Å². The standard InChI is InChI=1S/C11H12N4O2S2/c1-16-8-4-3-7(5-9(8)17-2)6-12-15-10(18)13-14-11(15)19/h3-6H,1-2H3,(H,13,18)(H,14,19)/b12-6-. The van der Waals surface area contributed by atoms with E-state index in [9.17, 15) is 0 Å². The molecule has 0 bridgehead atoms. The predicted octanol–water partition coefficient (Wildman–Crippen LogP) is 2.50. The van der Waals surface area contributed by atoms with Gasteiger partial charge < -0.3 is 9.47 Å². The molecule has 0 fully saturated rings. The Morgan fingerprint density at radius 3 is 2.32 bits per heavy atom. The molecule has 0 aliphatic carbocycles. The number of hydrogen-bond acceptors (Lipinski definition) is 5. The number of rotatable bonds is 4. The average Bonchev–Trinajstić information content (AvgIpc) is 2.75. The number of benzene rings is 1. The number of aromatic nitrogens is 3. The lowest BCUT2D eigenvalue weighted by molar-refractivity contribution is 0.355. The number of hydrogen-bond donors (Lipinski definition) is 2. The molecule has 0 aliphatic rings. The first-order chi connectivity index (χ1) is 9.15. The largest absolute Gasteiger partial charge is 0.493 e. The highest BCUT2D eigenvalue weighted by molar-refractivity contribution is 7.72. The maximum absolute atomic E-state index is 5.21. The van der Waals surface area contributed by atoms with Crippen LogP contribution in [-0.4, -0.2) is 35.3 Å². The molecule has 0 amide bonds. The van der Waals surface area contributed by atoms with Crippen molar-refractivity contribution in [3.63, 3.8) is 0 Å². The molecule has 2 N–H and O–H groups in total. The van der Waals surface area contributed by atoms with Gasteiger partial charge in [0.1, 0.15) is 0 Å². The Morgan fingerprint density at radius 1 is 1.11 bits per heavy atom. The smallest absolute Gasteiger partial charge is 0.215 e. The van der Waals surface area contributed by atoms with Crippen LogP contribution < -0.4 is 9.47 Å². The number of methoxy groups -OCH3 is 2. The van der Waals surface area contributed by atoms with Crippen LogP contribution in [0.25, 0.3) is 0 Å². The number of aromatic amines is 2. The van der Waals surface area contributed by atoms with Crippen molar-refractivity contribution in [1.82, 2.24) is 14.9 Å². The summed E-state index contributed by atoms with van der Waals surface area (Å²) in [5.41, 5.74) is 0.843. The van der Waals surface area contributed by atoms with E-state index < -0.39 is 0 Å². The molecule has 0 aliphatic heterocycles. The Morgan fingerprint density at radius 2 is 1.74 bits per heavy atom. The number of nitrogens with one attached hydrogen (secondary N) is 2. The van der Waals surface area contributed by atoms with E-state index in [0.717, 1.165) is 5.56 Å². The molecule has 1 aromatic carbocycles. The fourth-order valence-electron chi connectivity index (χ4n) is 1.47. The number of ether oxygens (including phenoxy) is 2. The van der Waals surface area contributed by atoms with Crippen LogP contribution in [0.2, 0.25) is 0 Å². The van der Waals surface area contributed by atoms with Crippen molar-refractivity contribution in [1.29, 1.82) is 0 Å². The molecular formula is C11H12N4O2S2. The highest BCUT2D eigenvalue weighted by atomic mass is 32.1. The summed E-state index contributed by atoms with van der Waals surface area (Å²) in [6.45, 7) is 0. The van der Waals surface area contributed by atoms with Crippen molar-refractivity contribution >= 4 is 30.7 Å². The molecule has 6 nitrogen and oxygen atoms in total. The second kappa shape index (κ2) is 5.81. The van der Waals surface area contributed by atoms with Crippen LogP contribution in [0.4, 0.5) is 0 Å². The van der Waals surface area contributed by atoms with Crippen LogP contribution in [0.5, 0.6) is 11.5 Å². The number of nitrogens with zero attached hydrogens (tertiary/aromatic N) is 2. The minimum absolute atomic E-state index is 0.404. The van der Waals surface area contributed by atoms with Crippen molar-refractivity contribution in [2.75, 3.05) is 14.2 Å². The first-order valence-electron chi connectivity index (χ1n) is 5.32. The zero-order chi connectivity index (χ0) is 13.8. The third-order valence-corrected chi connectivity index (χ3v) is 2.94. The second-order valence-electron chi connectivity index (χ2n) is 3.53. The van der Waals surface area contributed by atoms with Gasteiger partial charge in [0.25, 0.3) is 0 Å². The van der Waals surface area contributed by atoms with Crippen molar-refractivity contribution in [3.8, 4) is 11.5 Å². The van der Waals surface area contributed by atoms with Crippen molar-refractivity contribution < 1.29 is 9.47 Å². The van der Waals surface area contributed by atoms with Gasteiger partial charge >= 0.3 is 0 Å². The summed E-state index contributed by atoms with van der Waals surface area (Å²) in [6, 6.07) is 5.47. The van der Waals surface area contributed by atoms with Crippen molar-refractivity contribution in [2.24, 2.45) is 5.10 Å². The van der Waals surface area contributed by atoms with Gasteiger partial charge in [0.2, 0.25) is 9.54 Å². The molecule has 1 heterocycles. The van der Waals surface area contributed by atoms with E-state index in [2.05, 4.69) is 15.3 Å². The zero-order valence-electron chi connectivity index (χ0n) is 10.3. The summed E-state index contributed by atoms with van der Waals surface area (Å²) < 4.78 is 12.6. The van der Waals surface area contributed by atoms with E-state index in [1.807, 2.05) is 12.1 Å².